The maximum absolute atomic E-state index is 10.3. The number of hydrogen-bond acceptors (Lipinski definition) is 6. The lowest BCUT2D eigenvalue weighted by molar-refractivity contribution is 1.09. The van der Waals surface area contributed by atoms with Crippen LogP contribution < -0.4 is 0 Å². The van der Waals surface area contributed by atoms with Gasteiger partial charge in [0, 0.05) is 86.9 Å². The van der Waals surface area contributed by atoms with Gasteiger partial charge in [-0.3, -0.25) is 15.0 Å². The second kappa shape index (κ2) is 30.3. The Morgan fingerprint density at radius 2 is 0.452 bits per heavy atom. The van der Waals surface area contributed by atoms with Gasteiger partial charge in [0.2, 0.25) is 0 Å². The van der Waals surface area contributed by atoms with Crippen molar-refractivity contribution in [1.82, 2.24) is 42.4 Å². The molecular weight excluding hydrogens is 1540 g/mol. The Balaban J connectivity index is 0.000000112. The minimum absolute atomic E-state index is 0.623. The molecule has 0 radical (unpaired) electrons. The van der Waals surface area contributed by atoms with Gasteiger partial charge >= 0.3 is 0 Å². The predicted molar refractivity (Wildman–Crippen MR) is 518 cm³/mol. The smallest absolute Gasteiger partial charge is 0.0998 e. The van der Waals surface area contributed by atoms with Crippen LogP contribution in [0.4, 0.5) is 0 Å². The van der Waals surface area contributed by atoms with E-state index in [1.807, 2.05) is 85.7 Å². The van der Waals surface area contributed by atoms with E-state index in [1.54, 1.807) is 0 Å². The molecule has 0 aliphatic carbocycles. The van der Waals surface area contributed by atoms with E-state index in [9.17, 15) is 15.8 Å². The number of nitrogens with zero attached hydrogens (tertiary/aromatic N) is 12. The highest BCUT2D eigenvalue weighted by Gasteiger charge is 2.28. The molecule has 0 fully saturated rings. The van der Waals surface area contributed by atoms with E-state index in [4.69, 9.17) is 15.0 Å². The number of para-hydroxylation sites is 6. The molecule has 9 aromatic heterocycles. The van der Waals surface area contributed by atoms with Crippen molar-refractivity contribution < 1.29 is 0 Å². The summed E-state index contributed by atoms with van der Waals surface area (Å²) in [4.78, 5) is 14.7. The van der Waals surface area contributed by atoms with Crippen LogP contribution in [0.3, 0.4) is 0 Å². The molecule has 24 rings (SSSR count). The first-order valence-corrected chi connectivity index (χ1v) is 42.3. The highest BCUT2D eigenvalue weighted by molar-refractivity contribution is 6.17. The molecule has 126 heavy (non-hydrogen) atoms. The average molecular weight is 1620 g/mol. The van der Waals surface area contributed by atoms with Crippen LogP contribution in [0.15, 0.2) is 365 Å². The first kappa shape index (κ1) is 75.2. The van der Waals surface area contributed by atoms with Gasteiger partial charge < -0.3 is 27.4 Å². The van der Waals surface area contributed by atoms with E-state index in [1.165, 1.54) is 98.0 Å². The van der Waals surface area contributed by atoms with Gasteiger partial charge in [-0.15, -0.1) is 0 Å². The van der Waals surface area contributed by atoms with E-state index >= 15 is 0 Å². The molecule has 0 N–H and O–H groups in total. The fraction of sp³-hybridized carbons (Fsp3) is 0.0526. The number of rotatable bonds is 9. The van der Waals surface area contributed by atoms with Gasteiger partial charge in [-0.05, 0) is 189 Å². The second-order valence-corrected chi connectivity index (χ2v) is 32.9. The molecule has 0 aliphatic rings. The van der Waals surface area contributed by atoms with Crippen LogP contribution in [0.2, 0.25) is 0 Å². The van der Waals surface area contributed by atoms with Gasteiger partial charge in [-0.2, -0.15) is 15.8 Å². The van der Waals surface area contributed by atoms with Crippen LogP contribution in [0.5, 0.6) is 0 Å². The van der Waals surface area contributed by atoms with Gasteiger partial charge in [-0.1, -0.05) is 224 Å². The number of pyridine rings is 3. The molecule has 594 valence electrons. The van der Waals surface area contributed by atoms with Crippen molar-refractivity contribution in [3.63, 3.8) is 0 Å². The third-order valence-electron chi connectivity index (χ3n) is 25.0. The van der Waals surface area contributed by atoms with E-state index in [0.29, 0.717) is 16.7 Å². The van der Waals surface area contributed by atoms with Crippen LogP contribution in [0.25, 0.3) is 198 Å². The van der Waals surface area contributed by atoms with Crippen LogP contribution in [-0.4, -0.2) is 42.4 Å². The molecule has 24 aromatic rings. The summed E-state index contributed by atoms with van der Waals surface area (Å²) in [5.41, 5.74) is 34.3. The normalized spacial score (nSPS) is 11.5. The fourth-order valence-electron chi connectivity index (χ4n) is 19.5. The fourth-order valence-corrected chi connectivity index (χ4v) is 19.5. The lowest BCUT2D eigenvalue weighted by Crippen LogP contribution is -2.05. The molecule has 0 aliphatic heterocycles. The minimum atomic E-state index is 0.623. The van der Waals surface area contributed by atoms with Gasteiger partial charge in [0.05, 0.1) is 172 Å². The number of aromatic nitrogens is 9. The SMILES string of the molecule is Cc1ccc2c3ccccc3n(-c3cncc(-n4c5ccccc5c5ccc(C)cc54)c3-c3ccc(C#N)cc3)c2c1.Cc1ccc2c3ccccc3n(-c3cncc(-n4c5ccccc5c5ccc(C)cc54)c3-c3cccc(C#N)c3)c2c1.Cc1ccc2c3ccccc3n(-c3cncc(-n4c5ccccc5c5ccc(C)cc54)c3-c3ccccc3C#N)c2c1. The predicted octanol–water partition coefficient (Wildman–Crippen LogP) is 28.3. The average Bonchev–Trinajstić information content (AvgIpc) is 1.56. The molecule has 12 nitrogen and oxygen atoms in total. The zero-order valence-electron chi connectivity index (χ0n) is 70.0. The van der Waals surface area contributed by atoms with Crippen molar-refractivity contribution in [1.29, 1.82) is 15.8 Å². The molecule has 0 bridgehead atoms. The first-order chi connectivity index (χ1) is 61.9. The van der Waals surface area contributed by atoms with E-state index in [-0.39, 0.29) is 0 Å². The molecule has 0 amide bonds. The highest BCUT2D eigenvalue weighted by Crippen LogP contribution is 2.48. The van der Waals surface area contributed by atoms with Crippen LogP contribution in [-0.2, 0) is 0 Å². The third-order valence-corrected chi connectivity index (χ3v) is 25.0. The number of fused-ring (bicyclic) bond motifs is 18. The number of benzene rings is 15. The maximum atomic E-state index is 10.3. The standard InChI is InChI=1S/3C38H26N4/c1-24-14-16-30-28-10-3-5-12-32(28)41(34(30)18-24)36-22-40-23-37(38(36)27-9-7-8-26(20-27)21-39)42-33-13-6-4-11-29(33)31-17-15-25(2)19-35(31)42;1-24-11-17-30-28-7-3-5-9-32(28)41(34(30)19-24)36-22-40-23-37(38(36)27-15-13-26(21-39)14-16-27)42-33-10-6-4-8-29(33)31-18-12-25(2)20-35(31)42;1-24-15-17-30-28-11-5-7-13-32(28)41(34(30)19-24)36-22-40-23-37(38(36)27-10-4-3-9-26(27)21-39)42-33-14-8-6-12-29(33)31-18-16-25(2)20-35(31)42/h3*3-20,22-23H,1-2H3. The van der Waals surface area contributed by atoms with Gasteiger partial charge in [0.1, 0.15) is 0 Å². The molecule has 9 heterocycles. The van der Waals surface area contributed by atoms with Crippen molar-refractivity contribution in [2.24, 2.45) is 0 Å². The quantitative estimate of drug-likeness (QED) is 0.141. The third kappa shape index (κ3) is 12.2. The summed E-state index contributed by atoms with van der Waals surface area (Å²) in [6, 6.07) is 122. The van der Waals surface area contributed by atoms with Crippen molar-refractivity contribution in [3.05, 3.63) is 415 Å². The molecule has 0 spiro atoms. The second-order valence-electron chi connectivity index (χ2n) is 32.9. The molecule has 0 saturated carbocycles. The Morgan fingerprint density at radius 3 is 0.738 bits per heavy atom. The zero-order valence-corrected chi connectivity index (χ0v) is 70.0. The van der Waals surface area contributed by atoms with Crippen molar-refractivity contribution in [2.75, 3.05) is 0 Å². The lowest BCUT2D eigenvalue weighted by Gasteiger charge is -2.20. The zero-order chi connectivity index (χ0) is 85.1. The summed E-state index contributed by atoms with van der Waals surface area (Å²) in [6.07, 6.45) is 11.8. The topological polar surface area (TPSA) is 140 Å². The monoisotopic (exact) mass is 1610 g/mol. The summed E-state index contributed by atoms with van der Waals surface area (Å²) >= 11 is 0. The Bertz CT molecular complexity index is 8380. The Kier molecular flexibility index (Phi) is 18.1. The van der Waals surface area contributed by atoms with Crippen LogP contribution >= 0.6 is 0 Å². The van der Waals surface area contributed by atoms with E-state index in [0.717, 1.165) is 134 Å². The molecule has 12 heteroatoms. The summed E-state index contributed by atoms with van der Waals surface area (Å²) in [6.45, 7) is 12.8. The first-order valence-electron chi connectivity index (χ1n) is 42.3. The van der Waals surface area contributed by atoms with Crippen molar-refractivity contribution in [3.8, 4) is 85.7 Å². The number of nitriles is 3. The lowest BCUT2D eigenvalue weighted by atomic mass is 9.97. The van der Waals surface area contributed by atoms with E-state index < -0.39 is 0 Å². The summed E-state index contributed by atoms with van der Waals surface area (Å²) in [5, 5.41) is 44.1. The van der Waals surface area contributed by atoms with Crippen molar-refractivity contribution in [2.45, 2.75) is 41.5 Å². The maximum Gasteiger partial charge on any atom is 0.0998 e. The van der Waals surface area contributed by atoms with Crippen LogP contribution in [0, 0.1) is 75.5 Å². The molecule has 0 saturated heterocycles. The number of hydrogen-bond donors (Lipinski definition) is 0. The largest absolute Gasteiger partial charge is 0.307 e. The van der Waals surface area contributed by atoms with E-state index in [2.05, 4.69) is 366 Å². The van der Waals surface area contributed by atoms with Gasteiger partial charge in [0.15, 0.2) is 0 Å². The Labute approximate surface area is 726 Å². The van der Waals surface area contributed by atoms with Crippen LogP contribution in [0.1, 0.15) is 50.1 Å². The summed E-state index contributed by atoms with van der Waals surface area (Å²) in [7, 11) is 0. The van der Waals surface area contributed by atoms with Gasteiger partial charge in [-0.25, -0.2) is 0 Å². The Hall–Kier alpha value is -17.0. The highest BCUT2D eigenvalue weighted by atomic mass is 15.1. The number of aryl methyl sites for hydroxylation is 6. The summed E-state index contributed by atoms with van der Waals surface area (Å²) in [5.74, 6) is 0. The molecular formula is C114H78N12. The minimum Gasteiger partial charge on any atom is -0.307 e. The van der Waals surface area contributed by atoms with Crippen molar-refractivity contribution >= 4 is 131 Å². The Morgan fingerprint density at radius 1 is 0.198 bits per heavy atom. The van der Waals surface area contributed by atoms with Gasteiger partial charge in [0.25, 0.3) is 0 Å². The molecule has 0 unspecified atom stereocenters. The molecule has 15 aromatic carbocycles. The summed E-state index contributed by atoms with van der Waals surface area (Å²) < 4.78 is 14.0. The molecule has 0 atom stereocenters.